The number of unbranched alkanes of at least 4 members (excludes halogenated alkanes) is 2. The molecule has 0 saturated carbocycles. The maximum Gasteiger partial charge on any atom is 0.224 e. The molecule has 1 heterocycles. The number of fused-ring (bicyclic) bond motifs is 1. The lowest BCUT2D eigenvalue weighted by atomic mass is 10.0. The number of carbonyl (C=O) groups is 1. The van der Waals surface area contributed by atoms with Gasteiger partial charge in [-0.05, 0) is 72.7 Å². The third-order valence-corrected chi connectivity index (χ3v) is 7.02. The lowest BCUT2D eigenvalue weighted by Crippen LogP contribution is -2.26. The second-order valence-corrected chi connectivity index (χ2v) is 10.4. The molecule has 0 aliphatic rings. The number of hydrogen-bond donors (Lipinski definition) is 1. The van der Waals surface area contributed by atoms with Gasteiger partial charge < -0.3 is 19.4 Å². The van der Waals surface area contributed by atoms with Crippen LogP contribution >= 0.6 is 0 Å². The van der Waals surface area contributed by atoms with E-state index in [9.17, 15) is 4.79 Å². The van der Waals surface area contributed by atoms with E-state index in [1.165, 1.54) is 11.1 Å². The number of hydrogen-bond acceptors (Lipinski definition) is 4. The van der Waals surface area contributed by atoms with Crippen LogP contribution in [0.3, 0.4) is 0 Å². The van der Waals surface area contributed by atoms with Gasteiger partial charge in [0.1, 0.15) is 23.9 Å². The average molecular weight is 528 g/mol. The van der Waals surface area contributed by atoms with Crippen molar-refractivity contribution in [2.24, 2.45) is 0 Å². The van der Waals surface area contributed by atoms with Crippen LogP contribution in [0.1, 0.15) is 61.5 Å². The average Bonchev–Trinajstić information content (AvgIpc) is 3.28. The summed E-state index contributed by atoms with van der Waals surface area (Å²) in [4.78, 5) is 17.2. The number of benzene rings is 3. The zero-order valence-corrected chi connectivity index (χ0v) is 23.7. The van der Waals surface area contributed by atoms with Gasteiger partial charge in [-0.2, -0.15) is 0 Å². The van der Waals surface area contributed by atoms with E-state index in [1.807, 2.05) is 30.3 Å². The Morgan fingerprint density at radius 1 is 1.00 bits per heavy atom. The molecule has 1 N–H and O–H groups in total. The van der Waals surface area contributed by atoms with Crippen LogP contribution in [0.5, 0.6) is 11.5 Å². The summed E-state index contributed by atoms with van der Waals surface area (Å²) in [6.45, 7) is 8.54. The number of rotatable bonds is 14. The van der Waals surface area contributed by atoms with Crippen LogP contribution in [-0.2, 0) is 24.2 Å². The first-order chi connectivity index (χ1) is 18.9. The first-order valence-electron chi connectivity index (χ1n) is 14.0. The van der Waals surface area contributed by atoms with E-state index in [-0.39, 0.29) is 5.91 Å². The molecule has 0 atom stereocenters. The fourth-order valence-electron chi connectivity index (χ4n) is 4.86. The van der Waals surface area contributed by atoms with E-state index < -0.39 is 0 Å². The molecule has 0 fully saturated rings. The number of imidazole rings is 1. The van der Waals surface area contributed by atoms with Crippen molar-refractivity contribution in [3.63, 3.8) is 0 Å². The van der Waals surface area contributed by atoms with Gasteiger partial charge >= 0.3 is 0 Å². The van der Waals surface area contributed by atoms with Crippen LogP contribution in [0.15, 0.2) is 66.7 Å². The van der Waals surface area contributed by atoms with Gasteiger partial charge in [0.2, 0.25) is 5.91 Å². The third kappa shape index (κ3) is 7.85. The van der Waals surface area contributed by atoms with Crippen molar-refractivity contribution in [3.8, 4) is 11.5 Å². The number of aromatic nitrogens is 2. The number of ether oxygens (including phenoxy) is 2. The summed E-state index contributed by atoms with van der Waals surface area (Å²) in [6, 6.07) is 22.4. The van der Waals surface area contributed by atoms with E-state index in [2.05, 4.69) is 67.1 Å². The Morgan fingerprint density at radius 2 is 1.79 bits per heavy atom. The third-order valence-electron chi connectivity index (χ3n) is 7.02. The van der Waals surface area contributed by atoms with Crippen molar-refractivity contribution in [1.29, 1.82) is 0 Å². The van der Waals surface area contributed by atoms with E-state index >= 15 is 0 Å². The predicted molar refractivity (Wildman–Crippen MR) is 158 cm³/mol. The standard InChI is InChI=1S/C33H41N3O3/c1-24(2)28-18-13-25(3)22-31(28)39-21-20-36-30-11-8-7-10-29(30)35-32(36)12-6-5-9-19-34-33(37)23-26-14-16-27(38-4)17-15-26/h7-8,10-11,13-18,22,24H,5-6,9,12,19-21,23H2,1-4H3,(H,34,37). The molecule has 0 aliphatic heterocycles. The SMILES string of the molecule is COc1ccc(CC(=O)NCCCCCc2nc3ccccc3n2CCOc2cc(C)ccc2C(C)C)cc1. The highest BCUT2D eigenvalue weighted by Gasteiger charge is 2.12. The highest BCUT2D eigenvalue weighted by Crippen LogP contribution is 2.28. The summed E-state index contributed by atoms with van der Waals surface area (Å²) >= 11 is 0. The largest absolute Gasteiger partial charge is 0.497 e. The highest BCUT2D eigenvalue weighted by atomic mass is 16.5. The molecule has 6 nitrogen and oxygen atoms in total. The molecule has 39 heavy (non-hydrogen) atoms. The van der Waals surface area contributed by atoms with Crippen LogP contribution in [0.4, 0.5) is 0 Å². The van der Waals surface area contributed by atoms with E-state index in [0.717, 1.165) is 66.1 Å². The number of para-hydroxylation sites is 2. The van der Waals surface area contributed by atoms with E-state index in [0.29, 0.717) is 25.5 Å². The van der Waals surface area contributed by atoms with E-state index in [1.54, 1.807) is 7.11 Å². The fraction of sp³-hybridized carbons (Fsp3) is 0.394. The van der Waals surface area contributed by atoms with Crippen LogP contribution in [0.25, 0.3) is 11.0 Å². The molecule has 1 aromatic heterocycles. The molecule has 0 spiro atoms. The van der Waals surface area contributed by atoms with Crippen LogP contribution < -0.4 is 14.8 Å². The van der Waals surface area contributed by atoms with Gasteiger partial charge in [0.05, 0.1) is 31.1 Å². The Hall–Kier alpha value is -3.80. The quantitative estimate of drug-likeness (QED) is 0.187. The zero-order chi connectivity index (χ0) is 27.6. The van der Waals surface area contributed by atoms with Gasteiger partial charge in [-0.3, -0.25) is 4.79 Å². The van der Waals surface area contributed by atoms with Gasteiger partial charge in [-0.25, -0.2) is 4.98 Å². The minimum absolute atomic E-state index is 0.0520. The molecular weight excluding hydrogens is 486 g/mol. The Kier molecular flexibility index (Phi) is 10.0. The highest BCUT2D eigenvalue weighted by molar-refractivity contribution is 5.78. The molecule has 0 saturated heterocycles. The molecule has 0 bridgehead atoms. The van der Waals surface area contributed by atoms with E-state index in [4.69, 9.17) is 14.5 Å². The van der Waals surface area contributed by atoms with Crippen LogP contribution in [-0.4, -0.2) is 35.7 Å². The molecule has 4 aromatic rings. The maximum atomic E-state index is 12.3. The van der Waals surface area contributed by atoms with Gasteiger partial charge in [-0.15, -0.1) is 0 Å². The smallest absolute Gasteiger partial charge is 0.224 e. The second kappa shape index (κ2) is 13.8. The Bertz CT molecular complexity index is 1360. The lowest BCUT2D eigenvalue weighted by Gasteiger charge is -2.16. The fourth-order valence-corrected chi connectivity index (χ4v) is 4.86. The number of methoxy groups -OCH3 is 1. The first-order valence-corrected chi connectivity index (χ1v) is 14.0. The van der Waals surface area contributed by atoms with Gasteiger partial charge in [-0.1, -0.05) is 56.7 Å². The van der Waals surface area contributed by atoms with Crippen LogP contribution in [0, 0.1) is 6.92 Å². The number of nitrogens with one attached hydrogen (secondary N) is 1. The molecule has 0 radical (unpaired) electrons. The van der Waals surface area contributed by atoms with Crippen molar-refractivity contribution in [2.75, 3.05) is 20.3 Å². The minimum atomic E-state index is 0.0520. The topological polar surface area (TPSA) is 65.4 Å². The van der Waals surface area contributed by atoms with Crippen molar-refractivity contribution < 1.29 is 14.3 Å². The predicted octanol–water partition coefficient (Wildman–Crippen LogP) is 6.63. The van der Waals surface area contributed by atoms with Crippen molar-refractivity contribution in [3.05, 3.63) is 89.2 Å². The molecule has 206 valence electrons. The zero-order valence-electron chi connectivity index (χ0n) is 23.7. The van der Waals surface area contributed by atoms with Gasteiger partial charge in [0, 0.05) is 13.0 Å². The molecule has 1 amide bonds. The summed E-state index contributed by atoms with van der Waals surface area (Å²) in [6.07, 6.45) is 4.29. The van der Waals surface area contributed by atoms with Gasteiger partial charge in [0.25, 0.3) is 0 Å². The van der Waals surface area contributed by atoms with Crippen molar-refractivity contribution in [2.45, 2.75) is 65.3 Å². The number of amides is 1. The second-order valence-electron chi connectivity index (χ2n) is 10.4. The Morgan fingerprint density at radius 3 is 2.56 bits per heavy atom. The summed E-state index contributed by atoms with van der Waals surface area (Å²) in [7, 11) is 1.64. The molecule has 0 aliphatic carbocycles. The summed E-state index contributed by atoms with van der Waals surface area (Å²) < 4.78 is 13.8. The van der Waals surface area contributed by atoms with Gasteiger partial charge in [0.15, 0.2) is 0 Å². The lowest BCUT2D eigenvalue weighted by molar-refractivity contribution is -0.120. The van der Waals surface area contributed by atoms with Crippen molar-refractivity contribution in [1.82, 2.24) is 14.9 Å². The van der Waals surface area contributed by atoms with Crippen LogP contribution in [0.2, 0.25) is 0 Å². The Balaban J connectivity index is 1.26. The number of aryl methyl sites for hydroxylation is 2. The molecule has 0 unspecified atom stereocenters. The monoisotopic (exact) mass is 527 g/mol. The molecular formula is C33H41N3O3. The molecule has 6 heteroatoms. The first kappa shape index (κ1) is 28.2. The summed E-state index contributed by atoms with van der Waals surface area (Å²) in [5.41, 5.74) is 5.61. The molecule has 4 rings (SSSR count). The normalized spacial score (nSPS) is 11.2. The molecule has 3 aromatic carbocycles. The number of nitrogens with zero attached hydrogens (tertiary/aromatic N) is 2. The summed E-state index contributed by atoms with van der Waals surface area (Å²) in [5.74, 6) is 3.34. The summed E-state index contributed by atoms with van der Waals surface area (Å²) in [5, 5.41) is 3.04. The van der Waals surface area contributed by atoms with Crippen molar-refractivity contribution >= 4 is 16.9 Å². The Labute approximate surface area is 232 Å². The minimum Gasteiger partial charge on any atom is -0.497 e. The maximum absolute atomic E-state index is 12.3. The number of carbonyl (C=O) groups excluding carboxylic acids is 1.